The first-order valence-corrected chi connectivity index (χ1v) is 6.02. The molecule has 1 heteroatoms. The third-order valence-corrected chi connectivity index (χ3v) is 2.60. The van der Waals surface area contributed by atoms with Crippen LogP contribution in [0, 0.1) is 6.92 Å². The molecule has 86 valence electrons. The van der Waals surface area contributed by atoms with Gasteiger partial charge in [0.05, 0.1) is 5.35 Å². The fraction of sp³-hybridized carbons (Fsp3) is 0.400. The second kappa shape index (κ2) is 6.26. The molecular weight excluding hydrogens is 194 g/mol. The molecule has 0 bridgehead atoms. The van der Waals surface area contributed by atoms with Crippen LogP contribution < -0.4 is 10.6 Å². The Balaban J connectivity index is 3.36. The summed E-state index contributed by atoms with van der Waals surface area (Å²) in [5.74, 6) is 0. The minimum atomic E-state index is 1.06. The van der Waals surface area contributed by atoms with Crippen LogP contribution in [0.3, 0.4) is 0 Å². The fourth-order valence-corrected chi connectivity index (χ4v) is 1.69. The molecule has 1 aromatic heterocycles. The Bertz CT molecular complexity index is 481. The molecule has 0 fully saturated rings. The molecular formula is C15H21N. The van der Waals surface area contributed by atoms with Crippen LogP contribution in [0.25, 0.3) is 12.2 Å². The first-order chi connectivity index (χ1) is 7.71. The Morgan fingerprint density at radius 2 is 2.06 bits per heavy atom. The lowest BCUT2D eigenvalue weighted by Gasteiger charge is -1.98. The average molecular weight is 215 g/mol. The molecule has 0 aromatic carbocycles. The Kier molecular flexibility index (Phi) is 4.97. The van der Waals surface area contributed by atoms with Gasteiger partial charge in [-0.15, -0.1) is 0 Å². The van der Waals surface area contributed by atoms with E-state index in [1.165, 1.54) is 10.8 Å². The van der Waals surface area contributed by atoms with E-state index in [0.717, 1.165) is 23.9 Å². The van der Waals surface area contributed by atoms with E-state index >= 15 is 0 Å². The van der Waals surface area contributed by atoms with Gasteiger partial charge in [-0.1, -0.05) is 37.6 Å². The Morgan fingerprint density at radius 3 is 2.62 bits per heavy atom. The van der Waals surface area contributed by atoms with Crippen LogP contribution in [0.5, 0.6) is 0 Å². The van der Waals surface area contributed by atoms with Gasteiger partial charge in [-0.25, -0.2) is 0 Å². The zero-order chi connectivity index (χ0) is 12.0. The number of aryl methyl sites for hydroxylation is 1. The van der Waals surface area contributed by atoms with Gasteiger partial charge in [0.2, 0.25) is 0 Å². The van der Waals surface area contributed by atoms with Crippen molar-refractivity contribution in [1.82, 2.24) is 4.98 Å². The van der Waals surface area contributed by atoms with Crippen LogP contribution in [-0.4, -0.2) is 4.98 Å². The Hall–Kier alpha value is -1.37. The van der Waals surface area contributed by atoms with E-state index in [9.17, 15) is 0 Å². The van der Waals surface area contributed by atoms with Crippen LogP contribution >= 0.6 is 0 Å². The van der Waals surface area contributed by atoms with E-state index in [2.05, 4.69) is 56.1 Å². The zero-order valence-electron chi connectivity index (χ0n) is 10.7. The van der Waals surface area contributed by atoms with Crippen molar-refractivity contribution in [3.63, 3.8) is 0 Å². The smallest absolute Gasteiger partial charge is 0.0704 e. The molecule has 1 nitrogen and oxygen atoms in total. The summed E-state index contributed by atoms with van der Waals surface area (Å²) in [6.07, 6.45) is 8.72. The van der Waals surface area contributed by atoms with E-state index in [4.69, 9.17) is 0 Å². The molecule has 0 aliphatic heterocycles. The standard InChI is InChI=1S/C15H21N/c1-5-8-13(6-2)11-15-14(7-3)10-9-12(4)16-15/h7-11H,5-6H2,1-4H3/b13-8+,14-7-,15-11+. The summed E-state index contributed by atoms with van der Waals surface area (Å²) in [5, 5.41) is 2.30. The Morgan fingerprint density at radius 1 is 1.31 bits per heavy atom. The van der Waals surface area contributed by atoms with E-state index < -0.39 is 0 Å². The highest BCUT2D eigenvalue weighted by molar-refractivity contribution is 5.45. The number of aromatic nitrogens is 1. The van der Waals surface area contributed by atoms with Crippen molar-refractivity contribution in [2.24, 2.45) is 0 Å². The molecule has 1 rings (SSSR count). The van der Waals surface area contributed by atoms with Gasteiger partial charge in [0, 0.05) is 5.69 Å². The lowest BCUT2D eigenvalue weighted by molar-refractivity contribution is 1.09. The van der Waals surface area contributed by atoms with Crippen molar-refractivity contribution >= 4 is 12.2 Å². The molecule has 0 amide bonds. The predicted molar refractivity (Wildman–Crippen MR) is 71.5 cm³/mol. The minimum Gasteiger partial charge on any atom is -0.253 e. The minimum absolute atomic E-state index is 1.06. The topological polar surface area (TPSA) is 12.9 Å². The van der Waals surface area contributed by atoms with Crippen molar-refractivity contribution in [2.75, 3.05) is 0 Å². The van der Waals surface area contributed by atoms with E-state index in [0.29, 0.717) is 0 Å². The number of allylic oxidation sites excluding steroid dienone is 2. The van der Waals surface area contributed by atoms with Gasteiger partial charge < -0.3 is 0 Å². The summed E-state index contributed by atoms with van der Waals surface area (Å²) >= 11 is 0. The maximum Gasteiger partial charge on any atom is 0.0704 e. The molecule has 1 heterocycles. The normalized spacial score (nSPS) is 14.6. The van der Waals surface area contributed by atoms with E-state index in [1.54, 1.807) is 0 Å². The van der Waals surface area contributed by atoms with Crippen molar-refractivity contribution in [2.45, 2.75) is 40.5 Å². The summed E-state index contributed by atoms with van der Waals surface area (Å²) < 4.78 is 0. The highest BCUT2D eigenvalue weighted by Gasteiger charge is 1.92. The number of hydrogen-bond donors (Lipinski definition) is 0. The lowest BCUT2D eigenvalue weighted by atomic mass is 10.1. The summed E-state index contributed by atoms with van der Waals surface area (Å²) in [6, 6.07) is 4.19. The summed E-state index contributed by atoms with van der Waals surface area (Å²) in [4.78, 5) is 4.59. The van der Waals surface area contributed by atoms with Crippen molar-refractivity contribution < 1.29 is 0 Å². The molecule has 0 spiro atoms. The predicted octanol–water partition coefficient (Wildman–Crippen LogP) is 2.72. The van der Waals surface area contributed by atoms with Gasteiger partial charge in [0.25, 0.3) is 0 Å². The van der Waals surface area contributed by atoms with Crippen LogP contribution in [-0.2, 0) is 0 Å². The largest absolute Gasteiger partial charge is 0.253 e. The van der Waals surface area contributed by atoms with Crippen LogP contribution in [0.15, 0.2) is 23.8 Å². The van der Waals surface area contributed by atoms with Gasteiger partial charge >= 0.3 is 0 Å². The van der Waals surface area contributed by atoms with Crippen molar-refractivity contribution in [1.29, 1.82) is 0 Å². The lowest BCUT2D eigenvalue weighted by Crippen LogP contribution is -2.28. The van der Waals surface area contributed by atoms with Gasteiger partial charge in [-0.2, -0.15) is 0 Å². The van der Waals surface area contributed by atoms with Gasteiger partial charge in [-0.05, 0) is 44.1 Å². The molecule has 0 aliphatic rings. The molecule has 0 unspecified atom stereocenters. The van der Waals surface area contributed by atoms with Gasteiger partial charge in [-0.3, -0.25) is 4.98 Å². The number of nitrogens with zero attached hydrogens (tertiary/aromatic N) is 1. The monoisotopic (exact) mass is 215 g/mol. The first-order valence-electron chi connectivity index (χ1n) is 6.02. The number of hydrogen-bond acceptors (Lipinski definition) is 1. The number of pyridine rings is 1. The molecule has 0 saturated heterocycles. The second-order valence-corrected chi connectivity index (χ2v) is 3.90. The molecule has 0 atom stereocenters. The highest BCUT2D eigenvalue weighted by Crippen LogP contribution is 2.02. The van der Waals surface area contributed by atoms with Crippen LogP contribution in [0.2, 0.25) is 0 Å². The number of rotatable bonds is 3. The first kappa shape index (κ1) is 12.7. The summed E-state index contributed by atoms with van der Waals surface area (Å²) in [7, 11) is 0. The SMILES string of the molecule is C/C=c1/ccc(C)n/c1=C/C(=C/CC)CC. The molecule has 0 N–H and O–H groups in total. The Labute approximate surface area is 98.2 Å². The maximum atomic E-state index is 4.59. The molecule has 16 heavy (non-hydrogen) atoms. The third kappa shape index (κ3) is 3.34. The molecule has 0 saturated carbocycles. The maximum absolute atomic E-state index is 4.59. The second-order valence-electron chi connectivity index (χ2n) is 3.90. The summed E-state index contributed by atoms with van der Waals surface area (Å²) in [6.45, 7) is 8.44. The molecule has 0 radical (unpaired) electrons. The summed E-state index contributed by atoms with van der Waals surface area (Å²) in [5.41, 5.74) is 2.44. The average Bonchev–Trinajstić information content (AvgIpc) is 2.29. The fourth-order valence-electron chi connectivity index (χ4n) is 1.69. The van der Waals surface area contributed by atoms with E-state index in [1.807, 2.05) is 6.92 Å². The molecule has 0 aliphatic carbocycles. The van der Waals surface area contributed by atoms with Crippen molar-refractivity contribution in [3.8, 4) is 0 Å². The van der Waals surface area contributed by atoms with Gasteiger partial charge in [0.1, 0.15) is 0 Å². The van der Waals surface area contributed by atoms with E-state index in [-0.39, 0.29) is 0 Å². The third-order valence-electron chi connectivity index (χ3n) is 2.60. The molecule has 1 aromatic rings. The quantitative estimate of drug-likeness (QED) is 0.755. The van der Waals surface area contributed by atoms with Crippen molar-refractivity contribution in [3.05, 3.63) is 40.0 Å². The van der Waals surface area contributed by atoms with Crippen LogP contribution in [0.4, 0.5) is 0 Å². The highest BCUT2D eigenvalue weighted by atomic mass is 14.7. The zero-order valence-corrected chi connectivity index (χ0v) is 10.7. The van der Waals surface area contributed by atoms with Crippen LogP contribution in [0.1, 0.15) is 39.3 Å². The van der Waals surface area contributed by atoms with Gasteiger partial charge in [0.15, 0.2) is 0 Å².